The van der Waals surface area contributed by atoms with E-state index in [1.54, 1.807) is 6.07 Å². The zero-order valence-corrected chi connectivity index (χ0v) is 11.7. The summed E-state index contributed by atoms with van der Waals surface area (Å²) in [7, 11) is 0. The molecule has 0 amide bonds. The molecule has 3 atom stereocenters. The Labute approximate surface area is 108 Å². The van der Waals surface area contributed by atoms with E-state index in [1.807, 2.05) is 0 Å². The molecule has 0 aliphatic rings. The molecule has 1 aromatic carbocycles. The molecule has 0 saturated heterocycles. The van der Waals surface area contributed by atoms with Gasteiger partial charge in [0.05, 0.1) is 0 Å². The van der Waals surface area contributed by atoms with E-state index >= 15 is 0 Å². The number of halogens is 2. The Morgan fingerprint density at radius 3 is 2.47 bits per heavy atom. The molecule has 0 saturated carbocycles. The fourth-order valence-corrected chi connectivity index (χ4v) is 2.19. The lowest BCUT2D eigenvalue weighted by atomic mass is 9.99. The molecule has 0 radical (unpaired) electrons. The maximum Gasteiger partial charge on any atom is 0.124 e. The smallest absolute Gasteiger partial charge is 0.124 e. The first kappa shape index (κ1) is 14.5. The van der Waals surface area contributed by atoms with Gasteiger partial charge in [0.1, 0.15) is 5.82 Å². The second kappa shape index (κ2) is 6.36. The van der Waals surface area contributed by atoms with Crippen molar-refractivity contribution in [3.63, 3.8) is 0 Å². The van der Waals surface area contributed by atoms with Crippen LogP contribution in [0.2, 0.25) is 5.02 Å². The van der Waals surface area contributed by atoms with Crippen molar-refractivity contribution in [1.29, 1.82) is 0 Å². The quantitative estimate of drug-likeness (QED) is 0.815. The molecule has 3 heteroatoms. The van der Waals surface area contributed by atoms with E-state index in [4.69, 9.17) is 11.6 Å². The second-order valence-corrected chi connectivity index (χ2v) is 5.14. The third-order valence-electron chi connectivity index (χ3n) is 3.44. The molecule has 1 aromatic rings. The molecule has 3 unspecified atom stereocenters. The van der Waals surface area contributed by atoms with Gasteiger partial charge in [0.25, 0.3) is 0 Å². The summed E-state index contributed by atoms with van der Waals surface area (Å²) in [5, 5.41) is 3.99. The maximum atomic E-state index is 13.0. The van der Waals surface area contributed by atoms with Crippen LogP contribution in [-0.4, -0.2) is 6.04 Å². The molecule has 0 bridgehead atoms. The van der Waals surface area contributed by atoms with Gasteiger partial charge in [0, 0.05) is 17.1 Å². The molecule has 0 spiro atoms. The molecule has 1 nitrogen and oxygen atoms in total. The van der Waals surface area contributed by atoms with E-state index < -0.39 is 0 Å². The van der Waals surface area contributed by atoms with E-state index in [2.05, 4.69) is 33.0 Å². The van der Waals surface area contributed by atoms with E-state index in [0.29, 0.717) is 17.0 Å². The van der Waals surface area contributed by atoms with Gasteiger partial charge in [-0.3, -0.25) is 0 Å². The maximum absolute atomic E-state index is 13.0. The van der Waals surface area contributed by atoms with E-state index in [9.17, 15) is 4.39 Å². The van der Waals surface area contributed by atoms with Crippen molar-refractivity contribution in [3.05, 3.63) is 34.6 Å². The minimum atomic E-state index is -0.291. The Morgan fingerprint density at radius 1 is 1.29 bits per heavy atom. The fourth-order valence-electron chi connectivity index (χ4n) is 1.85. The molecular formula is C14H21ClFN. The summed E-state index contributed by atoms with van der Waals surface area (Å²) in [6.07, 6.45) is 1.14. The molecule has 1 N–H and O–H groups in total. The summed E-state index contributed by atoms with van der Waals surface area (Å²) in [5.41, 5.74) is 0.947. The third-order valence-corrected chi connectivity index (χ3v) is 3.77. The molecule has 0 aliphatic heterocycles. The van der Waals surface area contributed by atoms with Crippen molar-refractivity contribution in [2.45, 2.75) is 46.2 Å². The van der Waals surface area contributed by atoms with Crippen molar-refractivity contribution < 1.29 is 4.39 Å². The Bertz CT molecular complexity index is 367. The van der Waals surface area contributed by atoms with Crippen LogP contribution in [0.3, 0.4) is 0 Å². The molecule has 96 valence electrons. The van der Waals surface area contributed by atoms with Crippen LogP contribution in [0.4, 0.5) is 4.39 Å². The first-order chi connectivity index (χ1) is 7.95. The largest absolute Gasteiger partial charge is 0.307 e. The SMILES string of the molecule is CCC(C)C(C)NC(C)c1ccc(F)cc1Cl. The van der Waals surface area contributed by atoms with Crippen molar-refractivity contribution >= 4 is 11.6 Å². The van der Waals surface area contributed by atoms with E-state index in [0.717, 1.165) is 12.0 Å². The monoisotopic (exact) mass is 257 g/mol. The summed E-state index contributed by atoms with van der Waals surface area (Å²) in [6, 6.07) is 5.11. The minimum Gasteiger partial charge on any atom is -0.307 e. The lowest BCUT2D eigenvalue weighted by Gasteiger charge is -2.25. The van der Waals surface area contributed by atoms with Crippen LogP contribution in [0, 0.1) is 11.7 Å². The van der Waals surface area contributed by atoms with Crippen LogP contribution in [-0.2, 0) is 0 Å². The summed E-state index contributed by atoms with van der Waals surface area (Å²) < 4.78 is 13.0. The van der Waals surface area contributed by atoms with Gasteiger partial charge in [0.2, 0.25) is 0 Å². The molecule has 0 aromatic heterocycles. The summed E-state index contributed by atoms with van der Waals surface area (Å²) in [5.74, 6) is 0.317. The van der Waals surface area contributed by atoms with Crippen LogP contribution in [0.1, 0.15) is 45.7 Å². The number of hydrogen-bond acceptors (Lipinski definition) is 1. The average molecular weight is 258 g/mol. The molecule has 0 fully saturated rings. The normalized spacial score (nSPS) is 16.6. The van der Waals surface area contributed by atoms with Crippen molar-refractivity contribution in [3.8, 4) is 0 Å². The predicted molar refractivity (Wildman–Crippen MR) is 71.9 cm³/mol. The topological polar surface area (TPSA) is 12.0 Å². The van der Waals surface area contributed by atoms with Crippen LogP contribution in [0.15, 0.2) is 18.2 Å². The zero-order chi connectivity index (χ0) is 13.0. The van der Waals surface area contributed by atoms with Crippen LogP contribution >= 0.6 is 11.6 Å². The molecule has 0 heterocycles. The third kappa shape index (κ3) is 3.97. The fraction of sp³-hybridized carbons (Fsp3) is 0.571. The number of nitrogens with one attached hydrogen (secondary N) is 1. The van der Waals surface area contributed by atoms with Gasteiger partial charge < -0.3 is 5.32 Å². The first-order valence-corrected chi connectivity index (χ1v) is 6.54. The second-order valence-electron chi connectivity index (χ2n) is 4.73. The van der Waals surface area contributed by atoms with E-state index in [-0.39, 0.29) is 11.9 Å². The summed E-state index contributed by atoms with van der Waals surface area (Å²) in [4.78, 5) is 0. The Balaban J connectivity index is 2.72. The van der Waals surface area contributed by atoms with Crippen molar-refractivity contribution in [1.82, 2.24) is 5.32 Å². The Kier molecular flexibility index (Phi) is 5.41. The van der Waals surface area contributed by atoms with Crippen LogP contribution in [0.25, 0.3) is 0 Å². The number of benzene rings is 1. The summed E-state index contributed by atoms with van der Waals surface area (Å²) in [6.45, 7) is 8.62. The highest BCUT2D eigenvalue weighted by atomic mass is 35.5. The van der Waals surface area contributed by atoms with Gasteiger partial charge >= 0.3 is 0 Å². The average Bonchev–Trinajstić information content (AvgIpc) is 2.27. The van der Waals surface area contributed by atoms with E-state index in [1.165, 1.54) is 12.1 Å². The lowest BCUT2D eigenvalue weighted by molar-refractivity contribution is 0.360. The Hall–Kier alpha value is -0.600. The van der Waals surface area contributed by atoms with Gasteiger partial charge in [-0.05, 0) is 37.5 Å². The highest BCUT2D eigenvalue weighted by Gasteiger charge is 2.16. The highest BCUT2D eigenvalue weighted by Crippen LogP contribution is 2.24. The molecular weight excluding hydrogens is 237 g/mol. The highest BCUT2D eigenvalue weighted by molar-refractivity contribution is 6.31. The predicted octanol–water partition coefficient (Wildman–Crippen LogP) is 4.56. The minimum absolute atomic E-state index is 0.132. The van der Waals surface area contributed by atoms with Crippen LogP contribution in [0.5, 0.6) is 0 Å². The molecule has 17 heavy (non-hydrogen) atoms. The van der Waals surface area contributed by atoms with Gasteiger partial charge in [-0.1, -0.05) is 37.9 Å². The number of hydrogen-bond donors (Lipinski definition) is 1. The Morgan fingerprint density at radius 2 is 1.94 bits per heavy atom. The molecule has 0 aliphatic carbocycles. The van der Waals surface area contributed by atoms with Crippen molar-refractivity contribution in [2.24, 2.45) is 5.92 Å². The zero-order valence-electron chi connectivity index (χ0n) is 10.9. The van der Waals surface area contributed by atoms with Gasteiger partial charge in [0.15, 0.2) is 0 Å². The van der Waals surface area contributed by atoms with Gasteiger partial charge in [-0.2, -0.15) is 0 Å². The standard InChI is InChI=1S/C14H21ClFN/c1-5-9(2)10(3)17-11(4)13-7-6-12(16)8-14(13)15/h6-11,17H,5H2,1-4H3. The van der Waals surface area contributed by atoms with Gasteiger partial charge in [-0.15, -0.1) is 0 Å². The summed E-state index contributed by atoms with van der Waals surface area (Å²) >= 11 is 6.04. The molecule has 1 rings (SSSR count). The lowest BCUT2D eigenvalue weighted by Crippen LogP contribution is -2.34. The first-order valence-electron chi connectivity index (χ1n) is 6.16. The van der Waals surface area contributed by atoms with Crippen molar-refractivity contribution in [2.75, 3.05) is 0 Å². The van der Waals surface area contributed by atoms with Gasteiger partial charge in [-0.25, -0.2) is 4.39 Å². The van der Waals surface area contributed by atoms with Crippen LogP contribution < -0.4 is 5.32 Å². The number of rotatable bonds is 5.